The van der Waals surface area contributed by atoms with Crippen LogP contribution in [0.5, 0.6) is 0 Å². The Bertz CT molecular complexity index is 978. The van der Waals surface area contributed by atoms with Crippen molar-refractivity contribution in [1.82, 2.24) is 14.8 Å². The molecule has 1 aromatic carbocycles. The van der Waals surface area contributed by atoms with Crippen molar-refractivity contribution in [2.24, 2.45) is 5.92 Å². The number of nitro benzene ring substituents is 1. The molecule has 9 nitrogen and oxygen atoms in total. The molecule has 0 spiro atoms. The zero-order chi connectivity index (χ0) is 23.9. The Morgan fingerprint density at radius 3 is 2.68 bits per heavy atom. The second-order valence-electron chi connectivity index (χ2n) is 9.34. The Morgan fingerprint density at radius 2 is 1.97 bits per heavy atom. The Hall–Kier alpha value is -3.04. The van der Waals surface area contributed by atoms with E-state index in [-0.39, 0.29) is 11.6 Å². The van der Waals surface area contributed by atoms with Crippen molar-refractivity contribution >= 4 is 23.1 Å². The Balaban J connectivity index is 1.19. The number of anilines is 2. The quantitative estimate of drug-likeness (QED) is 0.472. The van der Waals surface area contributed by atoms with Crippen LogP contribution in [-0.2, 0) is 4.79 Å². The van der Waals surface area contributed by atoms with Gasteiger partial charge in [0.25, 0.3) is 5.69 Å². The van der Waals surface area contributed by atoms with Crippen molar-refractivity contribution in [2.45, 2.75) is 26.2 Å². The standard InChI is InChI=1S/C25H34N6O3/c1-20-17-22(31(33)34)7-8-23(20)27-25(32)9-12-28-11-4-5-21(18-28)19-29-13-15-30(16-14-29)24-6-2-3-10-26-24/h2-3,6-8,10,17,21H,4-5,9,11-16,18-19H2,1H3,(H,27,32). The monoisotopic (exact) mass is 466 g/mol. The Kier molecular flexibility index (Phi) is 8.08. The van der Waals surface area contributed by atoms with E-state index in [2.05, 4.69) is 31.1 Å². The van der Waals surface area contributed by atoms with Crippen LogP contribution in [0.2, 0.25) is 0 Å². The second-order valence-corrected chi connectivity index (χ2v) is 9.34. The molecular weight excluding hydrogens is 432 g/mol. The van der Waals surface area contributed by atoms with Gasteiger partial charge in [0.15, 0.2) is 0 Å². The van der Waals surface area contributed by atoms with Crippen molar-refractivity contribution in [3.63, 3.8) is 0 Å². The van der Waals surface area contributed by atoms with E-state index in [1.165, 1.54) is 25.0 Å². The first-order valence-corrected chi connectivity index (χ1v) is 12.1. The Labute approximate surface area is 200 Å². The summed E-state index contributed by atoms with van der Waals surface area (Å²) < 4.78 is 0. The number of carbonyl (C=O) groups excluding carboxylic acids is 1. The minimum absolute atomic E-state index is 0.0352. The van der Waals surface area contributed by atoms with Gasteiger partial charge in [-0.15, -0.1) is 0 Å². The summed E-state index contributed by atoms with van der Waals surface area (Å²) >= 11 is 0. The smallest absolute Gasteiger partial charge is 0.269 e. The lowest BCUT2D eigenvalue weighted by atomic mass is 9.97. The van der Waals surface area contributed by atoms with Gasteiger partial charge < -0.3 is 15.1 Å². The second kappa shape index (κ2) is 11.4. The minimum Gasteiger partial charge on any atom is -0.354 e. The van der Waals surface area contributed by atoms with Gasteiger partial charge in [0.1, 0.15) is 5.82 Å². The summed E-state index contributed by atoms with van der Waals surface area (Å²) in [7, 11) is 0. The number of piperidine rings is 1. The van der Waals surface area contributed by atoms with E-state index < -0.39 is 4.92 Å². The van der Waals surface area contributed by atoms with Crippen LogP contribution in [0.4, 0.5) is 17.2 Å². The molecule has 9 heteroatoms. The zero-order valence-corrected chi connectivity index (χ0v) is 19.9. The highest BCUT2D eigenvalue weighted by molar-refractivity contribution is 5.91. The topological polar surface area (TPSA) is 94.8 Å². The summed E-state index contributed by atoms with van der Waals surface area (Å²) in [6, 6.07) is 10.6. The molecule has 0 aliphatic carbocycles. The number of hydrogen-bond donors (Lipinski definition) is 1. The maximum atomic E-state index is 12.5. The first-order chi connectivity index (χ1) is 16.5. The van der Waals surface area contributed by atoms with Gasteiger partial charge in [0.05, 0.1) is 4.92 Å². The molecule has 1 N–H and O–H groups in total. The van der Waals surface area contributed by atoms with Crippen LogP contribution < -0.4 is 10.2 Å². The molecule has 4 rings (SSSR count). The lowest BCUT2D eigenvalue weighted by Gasteiger charge is -2.39. The van der Waals surface area contributed by atoms with Crippen molar-refractivity contribution in [3.05, 3.63) is 58.3 Å². The van der Waals surface area contributed by atoms with E-state index >= 15 is 0 Å². The fourth-order valence-corrected chi connectivity index (χ4v) is 4.94. The van der Waals surface area contributed by atoms with Gasteiger partial charge in [-0.05, 0) is 56.0 Å². The number of nitro groups is 1. The molecule has 2 aliphatic heterocycles. The molecule has 182 valence electrons. The maximum absolute atomic E-state index is 12.5. The van der Waals surface area contributed by atoms with E-state index in [1.54, 1.807) is 13.0 Å². The fourth-order valence-electron chi connectivity index (χ4n) is 4.94. The van der Waals surface area contributed by atoms with Crippen LogP contribution in [0.25, 0.3) is 0 Å². The number of pyridine rings is 1. The van der Waals surface area contributed by atoms with Crippen LogP contribution in [0.3, 0.4) is 0 Å². The third-order valence-electron chi connectivity index (χ3n) is 6.82. The molecular formula is C25H34N6O3. The van der Waals surface area contributed by atoms with E-state index in [0.717, 1.165) is 58.2 Å². The predicted molar refractivity (Wildman–Crippen MR) is 133 cm³/mol. The van der Waals surface area contributed by atoms with E-state index in [4.69, 9.17) is 0 Å². The van der Waals surface area contributed by atoms with Gasteiger partial charge >= 0.3 is 0 Å². The zero-order valence-electron chi connectivity index (χ0n) is 19.9. The molecule has 0 saturated carbocycles. The number of likely N-dealkylation sites (tertiary alicyclic amines) is 1. The highest BCUT2D eigenvalue weighted by Crippen LogP contribution is 2.22. The molecule has 1 amide bonds. The van der Waals surface area contributed by atoms with E-state index in [0.29, 0.717) is 23.6 Å². The predicted octanol–water partition coefficient (Wildman–Crippen LogP) is 3.16. The Morgan fingerprint density at radius 1 is 1.15 bits per heavy atom. The number of aromatic nitrogens is 1. The van der Waals surface area contributed by atoms with Crippen LogP contribution >= 0.6 is 0 Å². The summed E-state index contributed by atoms with van der Waals surface area (Å²) in [4.78, 5) is 34.7. The molecule has 34 heavy (non-hydrogen) atoms. The van der Waals surface area contributed by atoms with Gasteiger partial charge in [-0.1, -0.05) is 6.07 Å². The maximum Gasteiger partial charge on any atom is 0.269 e. The number of non-ortho nitro benzene ring substituents is 1. The largest absolute Gasteiger partial charge is 0.354 e. The normalized spacial score (nSPS) is 19.7. The van der Waals surface area contributed by atoms with Gasteiger partial charge in [0.2, 0.25) is 5.91 Å². The molecule has 1 unspecified atom stereocenters. The highest BCUT2D eigenvalue weighted by Gasteiger charge is 2.25. The van der Waals surface area contributed by atoms with Gasteiger partial charge in [-0.3, -0.25) is 19.8 Å². The lowest BCUT2D eigenvalue weighted by molar-refractivity contribution is -0.384. The summed E-state index contributed by atoms with van der Waals surface area (Å²) in [5.74, 6) is 1.65. The number of carbonyl (C=O) groups is 1. The number of aryl methyl sites for hydroxylation is 1. The summed E-state index contributed by atoms with van der Waals surface area (Å²) in [6.07, 6.45) is 4.68. The van der Waals surface area contributed by atoms with Crippen LogP contribution in [0.1, 0.15) is 24.8 Å². The van der Waals surface area contributed by atoms with Crippen LogP contribution in [-0.4, -0.2) is 78.0 Å². The SMILES string of the molecule is Cc1cc([N+](=O)[O-])ccc1NC(=O)CCN1CCCC(CN2CCN(c3ccccn3)CC2)C1. The molecule has 0 radical (unpaired) electrons. The number of rotatable bonds is 8. The molecule has 3 heterocycles. The first-order valence-electron chi connectivity index (χ1n) is 12.1. The first kappa shape index (κ1) is 24.1. The number of hydrogen-bond acceptors (Lipinski definition) is 7. The number of amides is 1. The van der Waals surface area contributed by atoms with E-state index in [9.17, 15) is 14.9 Å². The van der Waals surface area contributed by atoms with Crippen LogP contribution in [0, 0.1) is 23.0 Å². The highest BCUT2D eigenvalue weighted by atomic mass is 16.6. The van der Waals surface area contributed by atoms with Crippen molar-refractivity contribution in [3.8, 4) is 0 Å². The third-order valence-corrected chi connectivity index (χ3v) is 6.82. The third kappa shape index (κ3) is 6.51. The van der Waals surface area contributed by atoms with Gasteiger partial charge in [-0.25, -0.2) is 4.98 Å². The molecule has 2 aromatic rings. The lowest BCUT2D eigenvalue weighted by Crippen LogP contribution is -2.50. The average molecular weight is 467 g/mol. The summed E-state index contributed by atoms with van der Waals surface area (Å²) in [6.45, 7) is 9.83. The number of piperazine rings is 1. The number of nitrogens with zero attached hydrogens (tertiary/aromatic N) is 5. The molecule has 2 aliphatic rings. The molecule has 2 saturated heterocycles. The summed E-state index contributed by atoms with van der Waals surface area (Å²) in [5.41, 5.74) is 1.37. The summed E-state index contributed by atoms with van der Waals surface area (Å²) in [5, 5.41) is 13.8. The van der Waals surface area contributed by atoms with Crippen molar-refractivity contribution in [1.29, 1.82) is 0 Å². The van der Waals surface area contributed by atoms with Gasteiger partial charge in [0, 0.05) is 76.3 Å². The fraction of sp³-hybridized carbons (Fsp3) is 0.520. The van der Waals surface area contributed by atoms with E-state index in [1.807, 2.05) is 18.3 Å². The van der Waals surface area contributed by atoms with Crippen molar-refractivity contribution in [2.75, 3.05) is 62.6 Å². The van der Waals surface area contributed by atoms with Crippen LogP contribution in [0.15, 0.2) is 42.6 Å². The molecule has 2 fully saturated rings. The molecule has 1 aromatic heterocycles. The number of nitrogens with one attached hydrogen (secondary N) is 1. The van der Waals surface area contributed by atoms with Crippen molar-refractivity contribution < 1.29 is 9.72 Å². The minimum atomic E-state index is -0.425. The molecule has 0 bridgehead atoms. The average Bonchev–Trinajstić information content (AvgIpc) is 2.85. The van der Waals surface area contributed by atoms with Gasteiger partial charge in [-0.2, -0.15) is 0 Å². The number of benzene rings is 1. The molecule has 1 atom stereocenters.